The lowest BCUT2D eigenvalue weighted by atomic mass is 10.2. The lowest BCUT2D eigenvalue weighted by molar-refractivity contribution is 0.355. The van der Waals surface area contributed by atoms with Crippen LogP contribution in [0.5, 0.6) is 11.5 Å². The molecule has 2 aromatic heterocycles. The molecule has 152 valence electrons. The van der Waals surface area contributed by atoms with Crippen molar-refractivity contribution >= 4 is 17.6 Å². The van der Waals surface area contributed by atoms with E-state index in [0.717, 1.165) is 27.4 Å². The molecule has 0 amide bonds. The van der Waals surface area contributed by atoms with Gasteiger partial charge in [-0.1, -0.05) is 30.3 Å². The second-order valence-electron chi connectivity index (χ2n) is 6.35. The first-order chi connectivity index (χ1) is 14.8. The third-order valence-corrected chi connectivity index (χ3v) is 5.28. The number of furan rings is 1. The average Bonchev–Trinajstić information content (AvgIpc) is 3.46. The molecule has 0 aliphatic carbocycles. The molecule has 0 N–H and O–H groups in total. The minimum atomic E-state index is 0.574. The van der Waals surface area contributed by atoms with E-state index in [2.05, 4.69) is 17.2 Å². The molecule has 0 atom stereocenters. The highest BCUT2D eigenvalue weighted by atomic mass is 32.1. The summed E-state index contributed by atoms with van der Waals surface area (Å²) >= 11 is 1.52. The van der Waals surface area contributed by atoms with Gasteiger partial charge >= 0.3 is 0 Å². The molecule has 0 radical (unpaired) electrons. The molecule has 0 aliphatic rings. The fraction of sp³-hybridized carbons (Fsp3) is 0.130. The fourth-order valence-electron chi connectivity index (χ4n) is 2.91. The predicted molar refractivity (Wildman–Crippen MR) is 118 cm³/mol. The number of ether oxygens (including phenoxy) is 2. The Morgan fingerprint density at radius 3 is 2.57 bits per heavy atom. The van der Waals surface area contributed by atoms with Gasteiger partial charge in [0.15, 0.2) is 17.3 Å². The van der Waals surface area contributed by atoms with Crippen molar-refractivity contribution in [3.8, 4) is 23.0 Å². The number of rotatable bonds is 7. The van der Waals surface area contributed by atoms with E-state index in [0.29, 0.717) is 18.0 Å². The summed E-state index contributed by atoms with van der Waals surface area (Å²) in [6, 6.07) is 19.6. The molecule has 0 bridgehead atoms. The highest BCUT2D eigenvalue weighted by molar-refractivity contribution is 7.07. The third kappa shape index (κ3) is 4.36. The van der Waals surface area contributed by atoms with E-state index in [1.165, 1.54) is 11.3 Å². The van der Waals surface area contributed by atoms with E-state index in [1.54, 1.807) is 31.4 Å². The topological polar surface area (TPSA) is 61.2 Å². The van der Waals surface area contributed by atoms with Crippen LogP contribution in [-0.2, 0) is 6.54 Å². The molecule has 0 spiro atoms. The first-order valence-corrected chi connectivity index (χ1v) is 10.2. The maximum atomic E-state index is 5.59. The van der Waals surface area contributed by atoms with Gasteiger partial charge < -0.3 is 13.9 Å². The molecule has 0 aliphatic heterocycles. The summed E-state index contributed by atoms with van der Waals surface area (Å²) in [7, 11) is 3.23. The second-order valence-corrected chi connectivity index (χ2v) is 7.19. The van der Waals surface area contributed by atoms with Gasteiger partial charge in [0.25, 0.3) is 0 Å². The molecule has 30 heavy (non-hydrogen) atoms. The van der Waals surface area contributed by atoms with Gasteiger partial charge in [-0.15, -0.1) is 11.3 Å². The zero-order valence-corrected chi connectivity index (χ0v) is 17.5. The number of thiazole rings is 1. The summed E-state index contributed by atoms with van der Waals surface area (Å²) < 4.78 is 18.1. The second kappa shape index (κ2) is 9.28. The monoisotopic (exact) mass is 419 g/mol. The van der Waals surface area contributed by atoms with Crippen LogP contribution < -0.4 is 14.3 Å². The van der Waals surface area contributed by atoms with Crippen molar-refractivity contribution < 1.29 is 13.9 Å². The standard InChI is InChI=1S/C23H21N3O3S/c1-27-21-11-10-18(13-22(21)28-2)15-25-26-19(20-9-6-12-29-20)16-30-23(26)24-14-17-7-4-3-5-8-17/h3-13,15-16H,14H2,1-2H3. The zero-order valence-electron chi connectivity index (χ0n) is 16.7. The molecule has 2 heterocycles. The van der Waals surface area contributed by atoms with Crippen molar-refractivity contribution in [1.82, 2.24) is 4.68 Å². The van der Waals surface area contributed by atoms with Gasteiger partial charge in [-0.3, -0.25) is 4.99 Å². The van der Waals surface area contributed by atoms with Gasteiger partial charge in [0.1, 0.15) is 5.69 Å². The predicted octanol–water partition coefficient (Wildman–Crippen LogP) is 4.81. The lowest BCUT2D eigenvalue weighted by Crippen LogP contribution is -2.12. The van der Waals surface area contributed by atoms with E-state index < -0.39 is 0 Å². The number of hydrogen-bond donors (Lipinski definition) is 0. The van der Waals surface area contributed by atoms with Gasteiger partial charge in [0.2, 0.25) is 4.80 Å². The fourth-order valence-corrected chi connectivity index (χ4v) is 3.73. The van der Waals surface area contributed by atoms with Crippen LogP contribution in [0.3, 0.4) is 0 Å². The van der Waals surface area contributed by atoms with Crippen molar-refractivity contribution in [2.75, 3.05) is 14.2 Å². The number of nitrogens with zero attached hydrogens (tertiary/aromatic N) is 3. The Labute approximate surface area is 178 Å². The summed E-state index contributed by atoms with van der Waals surface area (Å²) in [5, 5.41) is 6.68. The zero-order chi connectivity index (χ0) is 20.8. The van der Waals surface area contributed by atoms with Gasteiger partial charge in [-0.05, 0) is 41.5 Å². The quantitative estimate of drug-likeness (QED) is 0.404. The van der Waals surface area contributed by atoms with Gasteiger partial charge in [0, 0.05) is 5.38 Å². The molecule has 7 heteroatoms. The normalized spacial score (nSPS) is 11.9. The summed E-state index contributed by atoms with van der Waals surface area (Å²) in [5.74, 6) is 2.06. The minimum absolute atomic E-state index is 0.574. The Morgan fingerprint density at radius 1 is 1.00 bits per heavy atom. The first-order valence-electron chi connectivity index (χ1n) is 9.33. The molecule has 0 saturated carbocycles. The van der Waals surface area contributed by atoms with Crippen molar-refractivity contribution in [2.45, 2.75) is 6.54 Å². The molecule has 4 aromatic rings. The van der Waals surface area contributed by atoms with Crippen LogP contribution in [0.15, 0.2) is 86.8 Å². The Bertz CT molecular complexity index is 1190. The first kappa shape index (κ1) is 19.7. The van der Waals surface area contributed by atoms with Crippen LogP contribution in [0.1, 0.15) is 11.1 Å². The molecule has 6 nitrogen and oxygen atoms in total. The number of benzene rings is 2. The maximum Gasteiger partial charge on any atom is 0.206 e. The molecule has 4 rings (SSSR count). The lowest BCUT2D eigenvalue weighted by Gasteiger charge is -2.07. The number of methoxy groups -OCH3 is 2. The van der Waals surface area contributed by atoms with Gasteiger partial charge in [-0.25, -0.2) is 4.68 Å². The van der Waals surface area contributed by atoms with Crippen LogP contribution in [0, 0.1) is 0 Å². The Kier molecular flexibility index (Phi) is 6.10. The van der Waals surface area contributed by atoms with Crippen LogP contribution >= 0.6 is 11.3 Å². The maximum absolute atomic E-state index is 5.59. The smallest absolute Gasteiger partial charge is 0.206 e. The largest absolute Gasteiger partial charge is 0.493 e. The minimum Gasteiger partial charge on any atom is -0.493 e. The van der Waals surface area contributed by atoms with E-state index >= 15 is 0 Å². The summed E-state index contributed by atoms with van der Waals surface area (Å²) in [6.07, 6.45) is 3.42. The Balaban J connectivity index is 1.72. The molecular formula is C23H21N3O3S. The van der Waals surface area contributed by atoms with Crippen LogP contribution in [0.25, 0.3) is 11.5 Å². The molecule has 2 aromatic carbocycles. The van der Waals surface area contributed by atoms with E-state index in [9.17, 15) is 0 Å². The molecule has 0 unspecified atom stereocenters. The van der Waals surface area contributed by atoms with Crippen molar-refractivity contribution in [1.29, 1.82) is 0 Å². The van der Waals surface area contributed by atoms with Gasteiger partial charge in [-0.2, -0.15) is 5.10 Å². The highest BCUT2D eigenvalue weighted by Gasteiger charge is 2.10. The Hall–Kier alpha value is -3.58. The molecular weight excluding hydrogens is 398 g/mol. The van der Waals surface area contributed by atoms with Crippen molar-refractivity contribution in [3.63, 3.8) is 0 Å². The number of hydrogen-bond acceptors (Lipinski definition) is 6. The molecule has 0 saturated heterocycles. The summed E-state index contributed by atoms with van der Waals surface area (Å²) in [5.41, 5.74) is 2.86. The molecule has 0 fully saturated rings. The van der Waals surface area contributed by atoms with Gasteiger partial charge in [0.05, 0.1) is 33.2 Å². The number of aromatic nitrogens is 1. The van der Waals surface area contributed by atoms with Crippen LogP contribution in [-0.4, -0.2) is 25.1 Å². The van der Waals surface area contributed by atoms with E-state index in [-0.39, 0.29) is 0 Å². The average molecular weight is 420 g/mol. The van der Waals surface area contributed by atoms with E-state index in [1.807, 2.05) is 53.9 Å². The Morgan fingerprint density at radius 2 is 1.83 bits per heavy atom. The SMILES string of the molecule is COc1ccc(C=Nn2c(-c3ccco3)csc2=NCc2ccccc2)cc1OC. The summed E-state index contributed by atoms with van der Waals surface area (Å²) in [6.45, 7) is 0.574. The van der Waals surface area contributed by atoms with E-state index in [4.69, 9.17) is 18.9 Å². The van der Waals surface area contributed by atoms with Crippen molar-refractivity contribution in [3.05, 3.63) is 88.2 Å². The summed E-state index contributed by atoms with van der Waals surface area (Å²) in [4.78, 5) is 5.54. The third-order valence-electron chi connectivity index (χ3n) is 4.43. The van der Waals surface area contributed by atoms with Crippen LogP contribution in [0.4, 0.5) is 0 Å². The van der Waals surface area contributed by atoms with Crippen LogP contribution in [0.2, 0.25) is 0 Å². The van der Waals surface area contributed by atoms with Crippen molar-refractivity contribution in [2.24, 2.45) is 10.1 Å². The highest BCUT2D eigenvalue weighted by Crippen LogP contribution is 2.27.